The topological polar surface area (TPSA) is 91.2 Å². The zero-order chi connectivity index (χ0) is 27.4. The van der Waals surface area contributed by atoms with Gasteiger partial charge in [-0.2, -0.15) is 13.2 Å². The summed E-state index contributed by atoms with van der Waals surface area (Å²) in [4.78, 5) is 27.7. The highest BCUT2D eigenvalue weighted by molar-refractivity contribution is 5.89. The molecule has 0 bridgehead atoms. The lowest BCUT2D eigenvalue weighted by Crippen LogP contribution is -2.52. The molecule has 7 nitrogen and oxygen atoms in total. The molecule has 0 spiro atoms. The molecule has 3 heterocycles. The summed E-state index contributed by atoms with van der Waals surface area (Å²) in [6.07, 6.45) is 0.0264. The SMILES string of the molecule is CC(=O)N1CCC(O)(c2cc3c(NC(C)c4cccc(C(F)(F)F)c4C)nc(C)nc3cn2)C[C@@H]1C1CC1. The Bertz CT molecular complexity index is 1390. The van der Waals surface area contributed by atoms with Crippen molar-refractivity contribution < 1.29 is 23.1 Å². The fourth-order valence-electron chi connectivity index (χ4n) is 5.78. The van der Waals surface area contributed by atoms with Gasteiger partial charge in [0.15, 0.2) is 0 Å². The van der Waals surface area contributed by atoms with Crippen molar-refractivity contribution in [3.8, 4) is 0 Å². The van der Waals surface area contributed by atoms with Crippen LogP contribution in [0.3, 0.4) is 0 Å². The van der Waals surface area contributed by atoms with Crippen LogP contribution in [0.1, 0.15) is 73.8 Å². The number of aromatic nitrogens is 3. The first-order chi connectivity index (χ1) is 17.9. The van der Waals surface area contributed by atoms with Crippen molar-refractivity contribution in [2.45, 2.75) is 77.2 Å². The molecular weight excluding hydrogens is 495 g/mol. The van der Waals surface area contributed by atoms with Gasteiger partial charge in [0.05, 0.1) is 29.0 Å². The lowest BCUT2D eigenvalue weighted by Gasteiger charge is -2.43. The van der Waals surface area contributed by atoms with Crippen molar-refractivity contribution in [1.82, 2.24) is 19.9 Å². The van der Waals surface area contributed by atoms with Gasteiger partial charge in [0, 0.05) is 31.3 Å². The minimum Gasteiger partial charge on any atom is -0.383 e. The normalized spacial score (nSPS) is 22.9. The fourth-order valence-corrected chi connectivity index (χ4v) is 5.78. The summed E-state index contributed by atoms with van der Waals surface area (Å²) in [5.41, 5.74) is -0.143. The fraction of sp³-hybridized carbons (Fsp3) is 0.500. The lowest BCUT2D eigenvalue weighted by atomic mass is 9.81. The van der Waals surface area contributed by atoms with Gasteiger partial charge in [0.1, 0.15) is 17.2 Å². The van der Waals surface area contributed by atoms with Crippen LogP contribution in [-0.2, 0) is 16.6 Å². The molecule has 3 aromatic rings. The summed E-state index contributed by atoms with van der Waals surface area (Å²) in [6.45, 7) is 7.02. The summed E-state index contributed by atoms with van der Waals surface area (Å²) >= 11 is 0. The van der Waals surface area contributed by atoms with Crippen LogP contribution in [0.4, 0.5) is 19.0 Å². The Morgan fingerprint density at radius 1 is 1.24 bits per heavy atom. The van der Waals surface area contributed by atoms with E-state index in [0.717, 1.165) is 18.9 Å². The molecule has 2 unspecified atom stereocenters. The summed E-state index contributed by atoms with van der Waals surface area (Å²) in [5, 5.41) is 15.6. The molecule has 2 aromatic heterocycles. The highest BCUT2D eigenvalue weighted by Crippen LogP contribution is 2.45. The van der Waals surface area contributed by atoms with Crippen molar-refractivity contribution >= 4 is 22.6 Å². The number of benzene rings is 1. The maximum absolute atomic E-state index is 13.5. The zero-order valence-corrected chi connectivity index (χ0v) is 21.9. The molecule has 1 aliphatic heterocycles. The van der Waals surface area contributed by atoms with Crippen molar-refractivity contribution in [2.75, 3.05) is 11.9 Å². The molecule has 38 heavy (non-hydrogen) atoms. The summed E-state index contributed by atoms with van der Waals surface area (Å²) < 4.78 is 40.5. The van der Waals surface area contributed by atoms with Crippen LogP contribution in [0, 0.1) is 19.8 Å². The number of nitrogens with zero attached hydrogens (tertiary/aromatic N) is 4. The number of anilines is 1. The number of nitrogens with one attached hydrogen (secondary N) is 1. The van der Waals surface area contributed by atoms with Crippen molar-refractivity contribution in [3.05, 3.63) is 58.7 Å². The number of rotatable bonds is 5. The number of carbonyl (C=O) groups is 1. The number of fused-ring (bicyclic) bond motifs is 1. The molecule has 1 saturated carbocycles. The number of aryl methyl sites for hydroxylation is 1. The number of alkyl halides is 3. The minimum atomic E-state index is -4.44. The maximum Gasteiger partial charge on any atom is 0.416 e. The van der Waals surface area contributed by atoms with E-state index < -0.39 is 23.4 Å². The molecule has 1 aromatic carbocycles. The third-order valence-electron chi connectivity index (χ3n) is 7.96. The summed E-state index contributed by atoms with van der Waals surface area (Å²) in [7, 11) is 0. The van der Waals surface area contributed by atoms with Crippen LogP contribution in [0.5, 0.6) is 0 Å². The number of likely N-dealkylation sites (tertiary alicyclic amines) is 1. The number of carbonyl (C=O) groups excluding carboxylic acids is 1. The monoisotopic (exact) mass is 527 g/mol. The number of piperidine rings is 1. The molecule has 2 aliphatic rings. The van der Waals surface area contributed by atoms with E-state index in [9.17, 15) is 23.1 Å². The lowest BCUT2D eigenvalue weighted by molar-refractivity contribution is -0.140. The maximum atomic E-state index is 13.5. The van der Waals surface area contributed by atoms with E-state index in [1.165, 1.54) is 13.0 Å². The van der Waals surface area contributed by atoms with Gasteiger partial charge in [0.25, 0.3) is 0 Å². The smallest absolute Gasteiger partial charge is 0.383 e. The molecule has 202 valence electrons. The molecular formula is C28H32F3N5O2. The molecule has 1 aliphatic carbocycles. The van der Waals surface area contributed by atoms with Crippen LogP contribution in [0.15, 0.2) is 30.5 Å². The van der Waals surface area contributed by atoms with E-state index in [1.807, 2.05) is 4.90 Å². The van der Waals surface area contributed by atoms with Gasteiger partial charge in [-0.3, -0.25) is 9.78 Å². The van der Waals surface area contributed by atoms with Gasteiger partial charge in [-0.25, -0.2) is 9.97 Å². The quantitative estimate of drug-likeness (QED) is 0.459. The Morgan fingerprint density at radius 3 is 2.63 bits per heavy atom. The van der Waals surface area contributed by atoms with Gasteiger partial charge in [-0.15, -0.1) is 0 Å². The predicted octanol–water partition coefficient (Wildman–Crippen LogP) is 5.44. The Morgan fingerprint density at radius 2 is 1.97 bits per heavy atom. The van der Waals surface area contributed by atoms with Gasteiger partial charge in [0.2, 0.25) is 5.91 Å². The average molecular weight is 528 g/mol. The van der Waals surface area contributed by atoms with Crippen molar-refractivity contribution in [1.29, 1.82) is 0 Å². The molecule has 5 rings (SSSR count). The highest BCUT2D eigenvalue weighted by atomic mass is 19.4. The third-order valence-corrected chi connectivity index (χ3v) is 7.96. The van der Waals surface area contributed by atoms with E-state index in [4.69, 9.17) is 0 Å². The summed E-state index contributed by atoms with van der Waals surface area (Å²) in [5.74, 6) is 1.37. The van der Waals surface area contributed by atoms with Crippen LogP contribution in [0.25, 0.3) is 10.9 Å². The highest BCUT2D eigenvalue weighted by Gasteiger charge is 2.47. The van der Waals surface area contributed by atoms with Gasteiger partial charge < -0.3 is 15.3 Å². The molecule has 2 N–H and O–H groups in total. The van der Waals surface area contributed by atoms with E-state index in [2.05, 4.69) is 20.3 Å². The first-order valence-corrected chi connectivity index (χ1v) is 12.9. The Hall–Kier alpha value is -3.27. The predicted molar refractivity (Wildman–Crippen MR) is 137 cm³/mol. The number of halogens is 3. The molecule has 1 saturated heterocycles. The number of aliphatic hydroxyl groups is 1. The van der Waals surface area contributed by atoms with Crippen LogP contribution < -0.4 is 5.32 Å². The zero-order valence-electron chi connectivity index (χ0n) is 21.9. The van der Waals surface area contributed by atoms with Gasteiger partial charge >= 0.3 is 6.18 Å². The van der Waals surface area contributed by atoms with Gasteiger partial charge in [-0.05, 0) is 69.2 Å². The second kappa shape index (κ2) is 9.48. The number of pyridine rings is 1. The third kappa shape index (κ3) is 4.93. The van der Waals surface area contributed by atoms with E-state index in [1.54, 1.807) is 39.1 Å². The Balaban J connectivity index is 1.49. The Kier molecular flexibility index (Phi) is 6.57. The van der Waals surface area contributed by atoms with E-state index >= 15 is 0 Å². The van der Waals surface area contributed by atoms with Crippen LogP contribution in [0.2, 0.25) is 0 Å². The number of hydrogen-bond acceptors (Lipinski definition) is 6. The van der Waals surface area contributed by atoms with Gasteiger partial charge in [-0.1, -0.05) is 12.1 Å². The number of hydrogen-bond donors (Lipinski definition) is 2. The first kappa shape index (κ1) is 26.3. The largest absolute Gasteiger partial charge is 0.416 e. The second-order valence-electron chi connectivity index (χ2n) is 10.7. The van der Waals surface area contributed by atoms with Crippen molar-refractivity contribution in [3.63, 3.8) is 0 Å². The van der Waals surface area contributed by atoms with E-state index in [-0.39, 0.29) is 17.5 Å². The minimum absolute atomic E-state index is 0.0182. The number of amides is 1. The van der Waals surface area contributed by atoms with Crippen LogP contribution >= 0.6 is 0 Å². The molecule has 10 heteroatoms. The molecule has 1 amide bonds. The van der Waals surface area contributed by atoms with Crippen LogP contribution in [-0.4, -0.2) is 43.5 Å². The first-order valence-electron chi connectivity index (χ1n) is 12.9. The van der Waals surface area contributed by atoms with Crippen molar-refractivity contribution in [2.24, 2.45) is 5.92 Å². The Labute approximate surface area is 219 Å². The molecule has 2 fully saturated rings. The second-order valence-corrected chi connectivity index (χ2v) is 10.7. The molecule has 3 atom stereocenters. The van der Waals surface area contributed by atoms with E-state index in [0.29, 0.717) is 59.1 Å². The molecule has 0 radical (unpaired) electrons. The average Bonchev–Trinajstić information content (AvgIpc) is 3.68. The standard InChI is InChI=1S/C28H32F3N5O2/c1-15-20(6-5-7-22(15)28(29,30)31)16(2)33-26-21-12-25(32-14-23(21)34-17(3)35-26)27(38)10-11-36(18(4)37)24(13-27)19-8-9-19/h5-7,12,14,16,19,24,38H,8-11,13H2,1-4H3,(H,33,34,35)/t16?,24-,27?/m1/s1. The summed E-state index contributed by atoms with van der Waals surface area (Å²) in [6, 6.07) is 5.44.